The number of hydrogen-bond donors (Lipinski definition) is 1. The van der Waals surface area contributed by atoms with E-state index in [4.69, 9.17) is 5.11 Å². The van der Waals surface area contributed by atoms with Crippen molar-refractivity contribution in [3.63, 3.8) is 0 Å². The van der Waals surface area contributed by atoms with Crippen molar-refractivity contribution < 1.29 is 9.90 Å². The van der Waals surface area contributed by atoms with E-state index in [0.29, 0.717) is 6.54 Å². The van der Waals surface area contributed by atoms with Crippen LogP contribution in [-0.4, -0.2) is 68.4 Å². The van der Waals surface area contributed by atoms with Crippen molar-refractivity contribution in [2.45, 2.75) is 32.7 Å². The summed E-state index contributed by atoms with van der Waals surface area (Å²) >= 11 is 0. The quantitative estimate of drug-likeness (QED) is 0.843. The van der Waals surface area contributed by atoms with E-state index in [2.05, 4.69) is 15.0 Å². The Bertz CT molecular complexity index is 556. The van der Waals surface area contributed by atoms with Gasteiger partial charge in [0.15, 0.2) is 0 Å². The molecule has 2 fully saturated rings. The first-order chi connectivity index (χ1) is 10.5. The Morgan fingerprint density at radius 2 is 2.14 bits per heavy atom. The molecule has 1 spiro atoms. The van der Waals surface area contributed by atoms with Crippen LogP contribution in [0.2, 0.25) is 0 Å². The maximum atomic E-state index is 12.8. The summed E-state index contributed by atoms with van der Waals surface area (Å²) in [5, 5.41) is 13.4. The van der Waals surface area contributed by atoms with Gasteiger partial charge in [0.25, 0.3) is 0 Å². The molecule has 122 valence electrons. The normalized spacial score (nSPS) is 26.3. The van der Waals surface area contributed by atoms with E-state index in [0.717, 1.165) is 57.1 Å². The first-order valence-electron chi connectivity index (χ1n) is 8.03. The molecular weight excluding hydrogens is 282 g/mol. The number of likely N-dealkylation sites (tertiary alicyclic amines) is 2. The molecule has 0 saturated carbocycles. The molecule has 7 nitrogen and oxygen atoms in total. The maximum absolute atomic E-state index is 12.8. The molecule has 22 heavy (non-hydrogen) atoms. The number of nitrogens with zero attached hydrogens (tertiary/aromatic N) is 5. The highest BCUT2D eigenvalue weighted by atomic mass is 16.3. The van der Waals surface area contributed by atoms with Crippen molar-refractivity contribution in [3.8, 4) is 0 Å². The van der Waals surface area contributed by atoms with Gasteiger partial charge in [-0.05, 0) is 32.7 Å². The summed E-state index contributed by atoms with van der Waals surface area (Å²) in [6.07, 6.45) is 2.90. The lowest BCUT2D eigenvalue weighted by Crippen LogP contribution is -2.50. The zero-order chi connectivity index (χ0) is 15.7. The topological polar surface area (TPSA) is 74.5 Å². The minimum absolute atomic E-state index is 0.0454. The molecule has 1 atom stereocenters. The molecule has 1 amide bonds. The fraction of sp³-hybridized carbons (Fsp3) is 0.800. The Hall–Kier alpha value is -1.47. The van der Waals surface area contributed by atoms with Gasteiger partial charge in [0, 0.05) is 26.7 Å². The number of aromatic nitrogens is 3. The van der Waals surface area contributed by atoms with Gasteiger partial charge >= 0.3 is 0 Å². The molecule has 7 heteroatoms. The molecule has 2 aliphatic rings. The molecule has 1 aromatic heterocycles. The van der Waals surface area contributed by atoms with Gasteiger partial charge in [-0.2, -0.15) is 5.10 Å². The number of carbonyl (C=O) groups excluding carboxylic acids is 1. The number of amides is 1. The van der Waals surface area contributed by atoms with Crippen molar-refractivity contribution in [1.29, 1.82) is 0 Å². The van der Waals surface area contributed by atoms with E-state index in [9.17, 15) is 4.79 Å². The van der Waals surface area contributed by atoms with Gasteiger partial charge in [-0.3, -0.25) is 14.4 Å². The number of hydrogen-bond acceptors (Lipinski definition) is 5. The van der Waals surface area contributed by atoms with Gasteiger partial charge in [0.2, 0.25) is 5.91 Å². The number of β-amino-alcohol motifs (C(OH)–C–C–N with tert-alkyl or cyclic N) is 1. The van der Waals surface area contributed by atoms with Crippen molar-refractivity contribution in [2.24, 2.45) is 12.5 Å². The lowest BCUT2D eigenvalue weighted by molar-refractivity contribution is -0.146. The molecule has 0 aliphatic carbocycles. The number of aryl methyl sites for hydroxylation is 2. The minimum atomic E-state index is -0.249. The molecule has 0 radical (unpaired) electrons. The summed E-state index contributed by atoms with van der Waals surface area (Å²) < 4.78 is 1.82. The molecule has 3 heterocycles. The van der Waals surface area contributed by atoms with E-state index in [1.54, 1.807) is 0 Å². The summed E-state index contributed by atoms with van der Waals surface area (Å²) in [4.78, 5) is 21.4. The SMILES string of the molecule is Cc1nc(CN2CC[C@]3(CCCN(CCO)C3=O)C2)n(C)n1. The monoisotopic (exact) mass is 307 g/mol. The molecule has 1 N–H and O–H groups in total. The second-order valence-electron chi connectivity index (χ2n) is 6.56. The van der Waals surface area contributed by atoms with Gasteiger partial charge in [0.05, 0.1) is 18.6 Å². The van der Waals surface area contributed by atoms with Crippen LogP contribution in [0.25, 0.3) is 0 Å². The number of aliphatic hydroxyl groups is 1. The fourth-order valence-corrected chi connectivity index (χ4v) is 3.85. The summed E-state index contributed by atoms with van der Waals surface area (Å²) in [7, 11) is 1.91. The molecular formula is C15H25N5O2. The van der Waals surface area contributed by atoms with Gasteiger partial charge in [-0.1, -0.05) is 0 Å². The van der Waals surface area contributed by atoms with Crippen LogP contribution in [-0.2, 0) is 18.4 Å². The number of aliphatic hydroxyl groups excluding tert-OH is 1. The standard InChI is InChI=1S/C15H25N5O2/c1-12-16-13(18(2)17-12)10-19-7-5-15(11-19)4-3-6-20(8-9-21)14(15)22/h21H,3-11H2,1-2H3/t15-/m1/s1. The number of carbonyl (C=O) groups is 1. The lowest BCUT2D eigenvalue weighted by atomic mass is 9.78. The first kappa shape index (κ1) is 15.4. The highest BCUT2D eigenvalue weighted by molar-refractivity contribution is 5.84. The van der Waals surface area contributed by atoms with Crippen molar-refractivity contribution >= 4 is 5.91 Å². The molecule has 0 bridgehead atoms. The average molecular weight is 307 g/mol. The van der Waals surface area contributed by atoms with Crippen molar-refractivity contribution in [2.75, 3.05) is 32.8 Å². The molecule has 1 aromatic rings. The van der Waals surface area contributed by atoms with Gasteiger partial charge in [-0.25, -0.2) is 4.98 Å². The van der Waals surface area contributed by atoms with Crippen LogP contribution >= 0.6 is 0 Å². The fourth-order valence-electron chi connectivity index (χ4n) is 3.85. The van der Waals surface area contributed by atoms with Gasteiger partial charge in [0.1, 0.15) is 11.6 Å². The highest BCUT2D eigenvalue weighted by Gasteiger charge is 2.48. The maximum Gasteiger partial charge on any atom is 0.230 e. The van der Waals surface area contributed by atoms with Crippen LogP contribution in [0.15, 0.2) is 0 Å². The predicted molar refractivity (Wildman–Crippen MR) is 81.0 cm³/mol. The average Bonchev–Trinajstić information content (AvgIpc) is 3.01. The smallest absolute Gasteiger partial charge is 0.230 e. The molecule has 0 unspecified atom stereocenters. The van der Waals surface area contributed by atoms with Crippen molar-refractivity contribution in [3.05, 3.63) is 11.6 Å². The van der Waals surface area contributed by atoms with Crippen LogP contribution in [0.4, 0.5) is 0 Å². The van der Waals surface area contributed by atoms with Crippen molar-refractivity contribution in [1.82, 2.24) is 24.6 Å². The third kappa shape index (κ3) is 2.75. The van der Waals surface area contributed by atoms with Crippen LogP contribution in [0.5, 0.6) is 0 Å². The number of piperidine rings is 1. The second kappa shape index (κ2) is 5.96. The van der Waals surface area contributed by atoms with Crippen LogP contribution in [0, 0.1) is 12.3 Å². The highest BCUT2D eigenvalue weighted by Crippen LogP contribution is 2.40. The third-order valence-corrected chi connectivity index (χ3v) is 4.95. The number of rotatable bonds is 4. The van der Waals surface area contributed by atoms with E-state index in [1.807, 2.05) is 23.6 Å². The predicted octanol–water partition coefficient (Wildman–Crippen LogP) is -0.0697. The minimum Gasteiger partial charge on any atom is -0.395 e. The Labute approximate surface area is 130 Å². The first-order valence-corrected chi connectivity index (χ1v) is 8.03. The summed E-state index contributed by atoms with van der Waals surface area (Å²) in [6.45, 7) is 5.64. The Balaban J connectivity index is 1.68. The third-order valence-electron chi connectivity index (χ3n) is 4.95. The van der Waals surface area contributed by atoms with E-state index in [-0.39, 0.29) is 17.9 Å². The molecule has 2 saturated heterocycles. The van der Waals surface area contributed by atoms with Crippen LogP contribution < -0.4 is 0 Å². The summed E-state index contributed by atoms with van der Waals surface area (Å²) in [6, 6.07) is 0. The zero-order valence-corrected chi connectivity index (χ0v) is 13.5. The zero-order valence-electron chi connectivity index (χ0n) is 13.5. The Morgan fingerprint density at radius 1 is 1.32 bits per heavy atom. The van der Waals surface area contributed by atoms with E-state index < -0.39 is 0 Å². The summed E-state index contributed by atoms with van der Waals surface area (Å²) in [5.74, 6) is 1.96. The van der Waals surface area contributed by atoms with Crippen LogP contribution in [0.3, 0.4) is 0 Å². The van der Waals surface area contributed by atoms with E-state index in [1.165, 1.54) is 0 Å². The van der Waals surface area contributed by atoms with E-state index >= 15 is 0 Å². The van der Waals surface area contributed by atoms with Crippen LogP contribution in [0.1, 0.15) is 30.9 Å². The molecule has 2 aliphatic heterocycles. The Kier molecular flexibility index (Phi) is 4.18. The summed E-state index contributed by atoms with van der Waals surface area (Å²) in [5.41, 5.74) is -0.249. The molecule has 0 aromatic carbocycles. The lowest BCUT2D eigenvalue weighted by Gasteiger charge is -2.39. The van der Waals surface area contributed by atoms with Gasteiger partial charge < -0.3 is 10.0 Å². The Morgan fingerprint density at radius 3 is 2.82 bits per heavy atom. The largest absolute Gasteiger partial charge is 0.395 e. The second-order valence-corrected chi connectivity index (χ2v) is 6.56. The molecule has 3 rings (SSSR count). The van der Waals surface area contributed by atoms with Gasteiger partial charge in [-0.15, -0.1) is 0 Å².